The molecule has 0 spiro atoms. The quantitative estimate of drug-likeness (QED) is 0.293. The predicted molar refractivity (Wildman–Crippen MR) is 21.3 cm³/mol. The molecular formula is H8FNaO4. The van der Waals surface area contributed by atoms with Crippen LogP contribution in [0, 0.1) is 0 Å². The zero-order valence-corrected chi connectivity index (χ0v) is 5.38. The van der Waals surface area contributed by atoms with Gasteiger partial charge in [-0.2, -0.15) is 0 Å². The molecule has 0 heterocycles. The molecule has 4 nitrogen and oxygen atoms in total. The maximum absolute atomic E-state index is 9.64. The van der Waals surface area contributed by atoms with Crippen molar-refractivity contribution in [2.75, 3.05) is 0 Å². The molecule has 0 aliphatic heterocycles. The number of halogens is 1. The van der Waals surface area contributed by atoms with Crippen LogP contribution < -0.4 is 0 Å². The van der Waals surface area contributed by atoms with Gasteiger partial charge in [0.25, 0.3) is 0 Å². The van der Waals surface area contributed by atoms with Crippen molar-refractivity contribution in [3.8, 4) is 0 Å². The average molecular weight is 114 g/mol. The fourth-order valence-electron chi connectivity index (χ4n) is 0. The standard InChI is InChI=1S/FH.Na.4H2O/h1H;;4*1H2/q;+1;;;;/p-1. The molecule has 0 amide bonds. The van der Waals surface area contributed by atoms with E-state index in [0.717, 1.165) is 0 Å². The van der Waals surface area contributed by atoms with Gasteiger partial charge in [-0.25, -0.2) is 0 Å². The van der Waals surface area contributed by atoms with Crippen molar-refractivity contribution in [1.82, 2.24) is 0 Å². The van der Waals surface area contributed by atoms with Gasteiger partial charge in [-0.15, -0.1) is 0 Å². The van der Waals surface area contributed by atoms with E-state index in [-0.39, 0.29) is 50.5 Å². The van der Waals surface area contributed by atoms with Crippen LogP contribution in [0.3, 0.4) is 0 Å². The first-order valence-corrected chi connectivity index (χ1v) is 1.13. The Morgan fingerprint density at radius 3 is 0.667 bits per heavy atom. The summed E-state index contributed by atoms with van der Waals surface area (Å²) < 4.78 is 9.64. The first kappa shape index (κ1) is 71.9. The summed E-state index contributed by atoms with van der Waals surface area (Å²) >= 11 is -0.194. The van der Waals surface area contributed by atoms with Gasteiger partial charge in [0.2, 0.25) is 0 Å². The van der Waals surface area contributed by atoms with Gasteiger partial charge in [0, 0.05) is 0 Å². The van der Waals surface area contributed by atoms with Crippen molar-refractivity contribution in [2.45, 2.75) is 0 Å². The molecule has 6 heteroatoms. The van der Waals surface area contributed by atoms with Crippen LogP contribution in [-0.2, 0) is 0 Å². The van der Waals surface area contributed by atoms with Crippen molar-refractivity contribution < 1.29 is 24.2 Å². The van der Waals surface area contributed by atoms with Gasteiger partial charge in [0.1, 0.15) is 0 Å². The second-order valence-corrected chi connectivity index (χ2v) is 0. The van der Waals surface area contributed by atoms with Crippen molar-refractivity contribution in [2.24, 2.45) is 0 Å². The van der Waals surface area contributed by atoms with E-state index in [1.54, 1.807) is 0 Å². The minimum atomic E-state index is -0.194. The van der Waals surface area contributed by atoms with E-state index in [0.29, 0.717) is 0 Å². The second kappa shape index (κ2) is 221. The topological polar surface area (TPSA) is 126 Å². The zero-order chi connectivity index (χ0) is 2.00. The third-order valence-corrected chi connectivity index (χ3v) is 0. The van der Waals surface area contributed by atoms with E-state index in [9.17, 15) is 2.27 Å². The molecule has 0 saturated heterocycles. The summed E-state index contributed by atoms with van der Waals surface area (Å²) in [4.78, 5) is 0. The second-order valence-electron chi connectivity index (χ2n) is 0. The first-order valence-electron chi connectivity index (χ1n) is 0.378. The molecule has 0 aromatic rings. The van der Waals surface area contributed by atoms with Crippen LogP contribution >= 0.6 is 0 Å². The molecule has 0 radical (unpaired) electrons. The summed E-state index contributed by atoms with van der Waals surface area (Å²) in [5.74, 6) is 0. The molecule has 6 heavy (non-hydrogen) atoms. The maximum atomic E-state index is 9.64. The van der Waals surface area contributed by atoms with Gasteiger partial charge in [0.15, 0.2) is 0 Å². The van der Waals surface area contributed by atoms with Crippen LogP contribution in [-0.4, -0.2) is 50.5 Å². The summed E-state index contributed by atoms with van der Waals surface area (Å²) in [7, 11) is 0. The third kappa shape index (κ3) is 114. The van der Waals surface area contributed by atoms with Gasteiger partial charge in [-0.05, 0) is 0 Å². The van der Waals surface area contributed by atoms with Crippen LogP contribution in [0.4, 0.5) is 2.27 Å². The predicted octanol–water partition coefficient (Wildman–Crippen LogP) is -3.26. The van der Waals surface area contributed by atoms with Crippen LogP contribution in [0.25, 0.3) is 0 Å². The van der Waals surface area contributed by atoms with Crippen molar-refractivity contribution in [1.29, 1.82) is 0 Å². The van der Waals surface area contributed by atoms with E-state index in [1.807, 2.05) is 0 Å². The van der Waals surface area contributed by atoms with Crippen LogP contribution in [0.2, 0.25) is 0 Å². The van der Waals surface area contributed by atoms with E-state index in [2.05, 4.69) is 0 Å². The number of rotatable bonds is 0. The Labute approximate surface area is 53.0 Å². The van der Waals surface area contributed by atoms with E-state index >= 15 is 0 Å². The van der Waals surface area contributed by atoms with Gasteiger partial charge < -0.3 is 21.9 Å². The molecule has 0 saturated carbocycles. The van der Waals surface area contributed by atoms with Gasteiger partial charge in [-0.3, -0.25) is 0 Å². The summed E-state index contributed by atoms with van der Waals surface area (Å²) in [6.07, 6.45) is 0. The molecule has 8 N–H and O–H groups in total. The molecule has 0 bridgehead atoms. The van der Waals surface area contributed by atoms with Crippen LogP contribution in [0.15, 0.2) is 0 Å². The Morgan fingerprint density at radius 1 is 0.667 bits per heavy atom. The molecule has 40 valence electrons. The fourth-order valence-corrected chi connectivity index (χ4v) is 0. The first-order chi connectivity index (χ1) is 1.00. The SMILES string of the molecule is O.O.O.O.[F][Na]. The average Bonchev–Trinajstić information content (AvgIpc) is 1.00. The molecular weight excluding hydrogens is 106 g/mol. The monoisotopic (exact) mass is 114 g/mol. The summed E-state index contributed by atoms with van der Waals surface area (Å²) in [5, 5.41) is 0. The van der Waals surface area contributed by atoms with Crippen LogP contribution in [0.5, 0.6) is 0 Å². The Kier molecular flexibility index (Phi) is 2660. The summed E-state index contributed by atoms with van der Waals surface area (Å²) in [6.45, 7) is 0. The molecule has 0 rings (SSSR count). The third-order valence-electron chi connectivity index (χ3n) is 0. The van der Waals surface area contributed by atoms with Crippen molar-refractivity contribution in [3.63, 3.8) is 0 Å². The van der Waals surface area contributed by atoms with Crippen molar-refractivity contribution in [3.05, 3.63) is 0 Å². The molecule has 0 aliphatic rings. The molecule has 0 unspecified atom stereocenters. The van der Waals surface area contributed by atoms with Gasteiger partial charge in [0.05, 0.1) is 0 Å². The molecule has 0 aliphatic carbocycles. The van der Waals surface area contributed by atoms with E-state index in [4.69, 9.17) is 0 Å². The Morgan fingerprint density at radius 2 is 0.667 bits per heavy atom. The van der Waals surface area contributed by atoms with E-state index in [1.165, 1.54) is 0 Å². The summed E-state index contributed by atoms with van der Waals surface area (Å²) in [5.41, 5.74) is 0. The molecule has 0 atom stereocenters. The molecule has 0 fully saturated rings. The molecule has 0 aromatic carbocycles. The number of hydrogen-bond donors (Lipinski definition) is 0. The van der Waals surface area contributed by atoms with Gasteiger partial charge >= 0.3 is 30.9 Å². The number of hydrogen-bond acceptors (Lipinski definition) is 0. The minimum absolute atomic E-state index is 0. The fraction of sp³-hybridized carbons (Fsp3) is 0. The van der Waals surface area contributed by atoms with Crippen LogP contribution in [0.1, 0.15) is 0 Å². The van der Waals surface area contributed by atoms with Crippen molar-refractivity contribution >= 4 is 28.6 Å². The Hall–Kier alpha value is 0.770. The molecule has 0 aromatic heterocycles. The zero-order valence-electron chi connectivity index (χ0n) is 3.38. The van der Waals surface area contributed by atoms with Gasteiger partial charge in [-0.1, -0.05) is 0 Å². The van der Waals surface area contributed by atoms with E-state index < -0.39 is 0 Å². The normalized spacial score (nSPS) is 1.17. The Balaban J connectivity index is -0.000000000833. The Bertz CT molecular complexity index is 7.51. The summed E-state index contributed by atoms with van der Waals surface area (Å²) in [6, 6.07) is 0.